The molecule has 0 atom stereocenters. The molecule has 0 fully saturated rings. The lowest BCUT2D eigenvalue weighted by molar-refractivity contribution is 0.314. The number of benzene rings is 4. The standard InChI is InChI=1S/C29H24F4O/c1-3-34-25-17-16-24(28(32)29(25)33)21-11-6-19(7-12-21)8-13-22-14-15-23(27(31)26(22)30)20-9-4-18(2)5-10-20/h4-7,9-12,14-17H,3,8,13H2,1-2H3. The Balaban J connectivity index is 1.48. The second-order valence-corrected chi connectivity index (χ2v) is 8.14. The van der Waals surface area contributed by atoms with E-state index in [1.807, 2.05) is 19.1 Å². The summed E-state index contributed by atoms with van der Waals surface area (Å²) in [5, 5.41) is 0. The molecule has 4 aromatic rings. The van der Waals surface area contributed by atoms with Gasteiger partial charge in [-0.25, -0.2) is 13.2 Å². The largest absolute Gasteiger partial charge is 0.491 e. The summed E-state index contributed by atoms with van der Waals surface area (Å²) >= 11 is 0. The maximum Gasteiger partial charge on any atom is 0.201 e. The van der Waals surface area contributed by atoms with Crippen LogP contribution in [0.4, 0.5) is 17.6 Å². The van der Waals surface area contributed by atoms with Gasteiger partial charge in [0.2, 0.25) is 5.82 Å². The third-order valence-corrected chi connectivity index (χ3v) is 5.82. The summed E-state index contributed by atoms with van der Waals surface area (Å²) in [6.45, 7) is 3.87. The lowest BCUT2D eigenvalue weighted by Gasteiger charge is -2.11. The van der Waals surface area contributed by atoms with Crippen molar-refractivity contribution in [3.8, 4) is 28.0 Å². The van der Waals surface area contributed by atoms with Crippen molar-refractivity contribution in [3.63, 3.8) is 0 Å². The Bertz CT molecular complexity index is 1300. The van der Waals surface area contributed by atoms with Crippen molar-refractivity contribution in [2.24, 2.45) is 0 Å². The Morgan fingerprint density at radius 1 is 0.588 bits per heavy atom. The van der Waals surface area contributed by atoms with Crippen LogP contribution < -0.4 is 4.74 Å². The van der Waals surface area contributed by atoms with Crippen LogP contribution in [0.25, 0.3) is 22.3 Å². The number of hydrogen-bond acceptors (Lipinski definition) is 1. The molecule has 0 aliphatic carbocycles. The maximum absolute atomic E-state index is 14.7. The highest BCUT2D eigenvalue weighted by Crippen LogP contribution is 2.31. The van der Waals surface area contributed by atoms with Crippen LogP contribution >= 0.6 is 0 Å². The number of rotatable bonds is 7. The van der Waals surface area contributed by atoms with Crippen molar-refractivity contribution >= 4 is 0 Å². The van der Waals surface area contributed by atoms with Crippen LogP contribution in [0.2, 0.25) is 0 Å². The van der Waals surface area contributed by atoms with Gasteiger partial charge in [0, 0.05) is 11.1 Å². The van der Waals surface area contributed by atoms with E-state index >= 15 is 0 Å². The number of ether oxygens (including phenoxy) is 1. The van der Waals surface area contributed by atoms with E-state index in [1.165, 1.54) is 12.1 Å². The summed E-state index contributed by atoms with van der Waals surface area (Å²) in [5.74, 6) is -3.81. The highest BCUT2D eigenvalue weighted by atomic mass is 19.2. The Kier molecular flexibility index (Phi) is 7.01. The van der Waals surface area contributed by atoms with Gasteiger partial charge in [0.15, 0.2) is 23.2 Å². The predicted octanol–water partition coefficient (Wildman–Crippen LogP) is 8.07. The first kappa shape index (κ1) is 23.6. The van der Waals surface area contributed by atoms with E-state index in [0.29, 0.717) is 24.0 Å². The Labute approximate surface area is 196 Å². The molecule has 0 saturated carbocycles. The first-order valence-corrected chi connectivity index (χ1v) is 11.1. The third kappa shape index (κ3) is 4.84. The van der Waals surface area contributed by atoms with E-state index in [1.54, 1.807) is 55.5 Å². The summed E-state index contributed by atoms with van der Waals surface area (Å²) in [4.78, 5) is 0. The van der Waals surface area contributed by atoms with Crippen molar-refractivity contribution < 1.29 is 22.3 Å². The molecule has 0 radical (unpaired) electrons. The van der Waals surface area contributed by atoms with Gasteiger partial charge in [0.05, 0.1) is 6.61 Å². The molecule has 4 rings (SSSR count). The van der Waals surface area contributed by atoms with E-state index in [0.717, 1.165) is 11.1 Å². The van der Waals surface area contributed by atoms with Crippen LogP contribution in [-0.4, -0.2) is 6.61 Å². The lowest BCUT2D eigenvalue weighted by atomic mass is 9.97. The second-order valence-electron chi connectivity index (χ2n) is 8.14. The molecular formula is C29H24F4O. The predicted molar refractivity (Wildman–Crippen MR) is 127 cm³/mol. The van der Waals surface area contributed by atoms with Crippen LogP contribution in [0.15, 0.2) is 72.8 Å². The molecule has 174 valence electrons. The highest BCUT2D eigenvalue weighted by molar-refractivity contribution is 5.66. The molecule has 0 aliphatic heterocycles. The van der Waals surface area contributed by atoms with Crippen molar-refractivity contribution in [1.82, 2.24) is 0 Å². The molecule has 1 nitrogen and oxygen atoms in total. The average molecular weight is 465 g/mol. The Hall–Kier alpha value is -3.60. The zero-order valence-corrected chi connectivity index (χ0v) is 19.0. The molecule has 0 bridgehead atoms. The minimum absolute atomic E-state index is 0.122. The van der Waals surface area contributed by atoms with E-state index in [2.05, 4.69) is 0 Å². The smallest absolute Gasteiger partial charge is 0.201 e. The van der Waals surface area contributed by atoms with E-state index in [9.17, 15) is 17.6 Å². The summed E-state index contributed by atoms with van der Waals surface area (Å²) < 4.78 is 63.2. The fraction of sp³-hybridized carbons (Fsp3) is 0.172. The summed E-state index contributed by atoms with van der Waals surface area (Å²) in [6.07, 6.45) is 0.781. The van der Waals surface area contributed by atoms with Gasteiger partial charge < -0.3 is 4.74 Å². The second kappa shape index (κ2) is 10.1. The zero-order chi connectivity index (χ0) is 24.2. The Morgan fingerprint density at radius 3 is 1.76 bits per heavy atom. The summed E-state index contributed by atoms with van der Waals surface area (Å²) in [7, 11) is 0. The molecule has 0 N–H and O–H groups in total. The molecule has 0 aromatic heterocycles. The van der Waals surface area contributed by atoms with Gasteiger partial charge in [-0.1, -0.05) is 66.2 Å². The third-order valence-electron chi connectivity index (χ3n) is 5.82. The van der Waals surface area contributed by atoms with Crippen LogP contribution in [0.5, 0.6) is 5.75 Å². The van der Waals surface area contributed by atoms with Crippen molar-refractivity contribution in [3.05, 3.63) is 113 Å². The molecule has 0 heterocycles. The number of aryl methyl sites for hydroxylation is 3. The molecule has 0 saturated heterocycles. The van der Waals surface area contributed by atoms with Crippen LogP contribution in [-0.2, 0) is 12.8 Å². The van der Waals surface area contributed by atoms with Gasteiger partial charge in [-0.05, 0) is 61.1 Å². The van der Waals surface area contributed by atoms with Gasteiger partial charge in [-0.3, -0.25) is 0 Å². The lowest BCUT2D eigenvalue weighted by Crippen LogP contribution is -2.00. The van der Waals surface area contributed by atoms with E-state index < -0.39 is 23.3 Å². The van der Waals surface area contributed by atoms with Crippen molar-refractivity contribution in [1.29, 1.82) is 0 Å². The molecule has 5 heteroatoms. The summed E-state index contributed by atoms with van der Waals surface area (Å²) in [6, 6.07) is 20.3. The number of hydrogen-bond donors (Lipinski definition) is 0. The van der Waals surface area contributed by atoms with E-state index in [-0.39, 0.29) is 29.0 Å². The van der Waals surface area contributed by atoms with E-state index in [4.69, 9.17) is 4.74 Å². The minimum Gasteiger partial charge on any atom is -0.491 e. The van der Waals surface area contributed by atoms with Crippen molar-refractivity contribution in [2.75, 3.05) is 6.61 Å². The average Bonchev–Trinajstić information content (AvgIpc) is 2.84. The molecule has 0 amide bonds. The zero-order valence-electron chi connectivity index (χ0n) is 19.0. The molecule has 0 spiro atoms. The topological polar surface area (TPSA) is 9.23 Å². The molecular weight excluding hydrogens is 440 g/mol. The highest BCUT2D eigenvalue weighted by Gasteiger charge is 2.17. The van der Waals surface area contributed by atoms with Gasteiger partial charge in [-0.15, -0.1) is 0 Å². The van der Waals surface area contributed by atoms with Crippen molar-refractivity contribution in [2.45, 2.75) is 26.7 Å². The van der Waals surface area contributed by atoms with Crippen LogP contribution in [0, 0.1) is 30.2 Å². The molecule has 0 aliphatic rings. The van der Waals surface area contributed by atoms with Gasteiger partial charge in [0.1, 0.15) is 0 Å². The van der Waals surface area contributed by atoms with Gasteiger partial charge in [-0.2, -0.15) is 4.39 Å². The summed E-state index contributed by atoms with van der Waals surface area (Å²) in [5.41, 5.74) is 3.71. The normalized spacial score (nSPS) is 11.0. The molecule has 0 unspecified atom stereocenters. The quantitative estimate of drug-likeness (QED) is 0.251. The van der Waals surface area contributed by atoms with Gasteiger partial charge >= 0.3 is 0 Å². The maximum atomic E-state index is 14.7. The molecule has 34 heavy (non-hydrogen) atoms. The Morgan fingerprint density at radius 2 is 1.15 bits per heavy atom. The fourth-order valence-corrected chi connectivity index (χ4v) is 3.89. The SMILES string of the molecule is CCOc1ccc(-c2ccc(CCc3ccc(-c4ccc(C)cc4)c(F)c3F)cc2)c(F)c1F. The monoisotopic (exact) mass is 464 g/mol. The van der Waals surface area contributed by atoms with Crippen LogP contribution in [0.3, 0.4) is 0 Å². The first-order chi connectivity index (χ1) is 16.4. The first-order valence-electron chi connectivity index (χ1n) is 11.1. The van der Waals surface area contributed by atoms with Crippen LogP contribution in [0.1, 0.15) is 23.6 Å². The molecule has 4 aromatic carbocycles. The minimum atomic E-state index is -1.02. The van der Waals surface area contributed by atoms with Gasteiger partial charge in [0.25, 0.3) is 0 Å². The number of halogens is 4. The fourth-order valence-electron chi connectivity index (χ4n) is 3.89.